The predicted octanol–water partition coefficient (Wildman–Crippen LogP) is 4.17. The zero-order chi connectivity index (χ0) is 23.8. The number of likely N-dealkylation sites (tertiary alicyclic amines) is 1. The summed E-state index contributed by atoms with van der Waals surface area (Å²) in [6.07, 6.45) is 0.628. The molecule has 0 N–H and O–H groups in total. The number of hydrogen-bond donors (Lipinski definition) is 0. The number of rotatable bonds is 4. The molecule has 6 heteroatoms. The molecule has 0 bridgehead atoms. The predicted molar refractivity (Wildman–Crippen MR) is 128 cm³/mol. The Morgan fingerprint density at radius 3 is 2.09 bits per heavy atom. The Balaban J connectivity index is 1.42. The molecule has 1 unspecified atom stereocenters. The van der Waals surface area contributed by atoms with E-state index in [1.165, 1.54) is 12.1 Å². The largest absolute Gasteiger partial charge is 0.361 e. The smallest absolute Gasteiger partial charge is 0.253 e. The number of halogens is 1. The zero-order valence-corrected chi connectivity index (χ0v) is 19.1. The highest BCUT2D eigenvalue weighted by Crippen LogP contribution is 2.38. The van der Waals surface area contributed by atoms with Crippen molar-refractivity contribution in [2.24, 2.45) is 0 Å². The fourth-order valence-electron chi connectivity index (χ4n) is 5.11. The third kappa shape index (κ3) is 3.88. The minimum absolute atomic E-state index is 0.00982. The highest BCUT2D eigenvalue weighted by atomic mass is 19.1. The van der Waals surface area contributed by atoms with Gasteiger partial charge < -0.3 is 14.5 Å². The Morgan fingerprint density at radius 2 is 1.50 bits per heavy atom. The van der Waals surface area contributed by atoms with Crippen molar-refractivity contribution in [3.63, 3.8) is 0 Å². The first-order valence-electron chi connectivity index (χ1n) is 11.5. The standard InChI is InChI=1S/C28H27FN2O3/c1-27(21-8-4-2-5-9-21,22-10-6-3-7-11-22)26(33)30-17-16-28(19-30)20-31(25(32)18-34-28)24-14-12-23(29)13-15-24/h2-15H,16-20H2,1H3. The summed E-state index contributed by atoms with van der Waals surface area (Å²) in [5.74, 6) is -0.506. The van der Waals surface area contributed by atoms with Crippen LogP contribution in [0.4, 0.5) is 10.1 Å². The molecule has 5 nitrogen and oxygen atoms in total. The Labute approximate surface area is 198 Å². The molecule has 0 aromatic heterocycles. The van der Waals surface area contributed by atoms with Gasteiger partial charge in [-0.2, -0.15) is 0 Å². The molecule has 0 radical (unpaired) electrons. The van der Waals surface area contributed by atoms with Crippen LogP contribution in [0.25, 0.3) is 0 Å². The quantitative estimate of drug-likeness (QED) is 0.590. The van der Waals surface area contributed by atoms with Crippen LogP contribution in [-0.4, -0.2) is 48.6 Å². The van der Waals surface area contributed by atoms with E-state index < -0.39 is 11.0 Å². The van der Waals surface area contributed by atoms with Crippen molar-refractivity contribution in [1.82, 2.24) is 4.90 Å². The monoisotopic (exact) mass is 458 g/mol. The van der Waals surface area contributed by atoms with E-state index in [1.807, 2.05) is 72.5 Å². The molecule has 5 rings (SSSR count). The topological polar surface area (TPSA) is 49.9 Å². The molecule has 0 saturated carbocycles. The molecule has 34 heavy (non-hydrogen) atoms. The SMILES string of the molecule is CC(C(=O)N1CCC2(C1)CN(c1ccc(F)cc1)C(=O)CO2)(c1ccccc1)c1ccccc1. The van der Waals surface area contributed by atoms with Gasteiger partial charge in [0.2, 0.25) is 5.91 Å². The maximum absolute atomic E-state index is 14.1. The van der Waals surface area contributed by atoms with Crippen LogP contribution in [-0.2, 0) is 19.7 Å². The average Bonchev–Trinajstić information content (AvgIpc) is 3.30. The van der Waals surface area contributed by atoms with Gasteiger partial charge in [-0.25, -0.2) is 4.39 Å². The molecule has 2 aliphatic heterocycles. The maximum Gasteiger partial charge on any atom is 0.253 e. The van der Waals surface area contributed by atoms with E-state index >= 15 is 0 Å². The number of benzene rings is 3. The van der Waals surface area contributed by atoms with Crippen LogP contribution in [0.5, 0.6) is 0 Å². The van der Waals surface area contributed by atoms with Crippen molar-refractivity contribution in [3.8, 4) is 0 Å². The third-order valence-corrected chi connectivity index (χ3v) is 7.12. The van der Waals surface area contributed by atoms with Crippen molar-refractivity contribution >= 4 is 17.5 Å². The lowest BCUT2D eigenvalue weighted by Crippen LogP contribution is -2.57. The number of carbonyl (C=O) groups excluding carboxylic acids is 2. The van der Waals surface area contributed by atoms with Crippen molar-refractivity contribution in [1.29, 1.82) is 0 Å². The van der Waals surface area contributed by atoms with Crippen LogP contribution in [0.2, 0.25) is 0 Å². The van der Waals surface area contributed by atoms with E-state index in [1.54, 1.807) is 17.0 Å². The molecule has 1 atom stereocenters. The van der Waals surface area contributed by atoms with Crippen molar-refractivity contribution < 1.29 is 18.7 Å². The van der Waals surface area contributed by atoms with Gasteiger partial charge >= 0.3 is 0 Å². The summed E-state index contributed by atoms with van der Waals surface area (Å²) in [6, 6.07) is 25.5. The summed E-state index contributed by atoms with van der Waals surface area (Å²) in [5.41, 5.74) is 0.999. The van der Waals surface area contributed by atoms with Crippen LogP contribution in [0.15, 0.2) is 84.9 Å². The van der Waals surface area contributed by atoms with E-state index in [0.717, 1.165) is 11.1 Å². The molecule has 3 aromatic rings. The Bertz CT molecular complexity index is 1140. The molecular formula is C28H27FN2O3. The first-order chi connectivity index (χ1) is 16.4. The highest BCUT2D eigenvalue weighted by Gasteiger charge is 2.50. The number of morpholine rings is 1. The molecule has 2 amide bonds. The van der Waals surface area contributed by atoms with Crippen molar-refractivity contribution in [2.45, 2.75) is 24.4 Å². The van der Waals surface area contributed by atoms with Gasteiger partial charge in [0, 0.05) is 12.2 Å². The van der Waals surface area contributed by atoms with Gasteiger partial charge in [0.15, 0.2) is 0 Å². The normalized spacial score (nSPS) is 20.7. The van der Waals surface area contributed by atoms with Gasteiger partial charge in [-0.15, -0.1) is 0 Å². The second-order valence-corrected chi connectivity index (χ2v) is 9.26. The van der Waals surface area contributed by atoms with Crippen molar-refractivity contribution in [3.05, 3.63) is 102 Å². The second-order valence-electron chi connectivity index (χ2n) is 9.26. The fraction of sp³-hybridized carbons (Fsp3) is 0.286. The molecular weight excluding hydrogens is 431 g/mol. The molecule has 2 heterocycles. The van der Waals surface area contributed by atoms with E-state index in [9.17, 15) is 14.0 Å². The van der Waals surface area contributed by atoms with Gasteiger partial charge in [0.25, 0.3) is 5.91 Å². The number of nitrogens with zero attached hydrogens (tertiary/aromatic N) is 2. The highest BCUT2D eigenvalue weighted by molar-refractivity contribution is 5.95. The number of amides is 2. The second kappa shape index (κ2) is 8.69. The van der Waals surface area contributed by atoms with Gasteiger partial charge in [0.1, 0.15) is 18.0 Å². The van der Waals surface area contributed by atoms with Crippen LogP contribution in [0.1, 0.15) is 24.5 Å². The van der Waals surface area contributed by atoms with Gasteiger partial charge in [-0.3, -0.25) is 9.59 Å². The maximum atomic E-state index is 14.1. The summed E-state index contributed by atoms with van der Waals surface area (Å²) < 4.78 is 19.5. The van der Waals surface area contributed by atoms with Crippen LogP contribution in [0, 0.1) is 5.82 Å². The van der Waals surface area contributed by atoms with Gasteiger partial charge in [-0.05, 0) is 48.7 Å². The Hall–Kier alpha value is -3.51. The summed E-state index contributed by atoms with van der Waals surface area (Å²) in [7, 11) is 0. The van der Waals surface area contributed by atoms with Gasteiger partial charge in [0.05, 0.1) is 18.5 Å². The Morgan fingerprint density at radius 1 is 0.912 bits per heavy atom. The molecule has 2 aliphatic rings. The summed E-state index contributed by atoms with van der Waals surface area (Å²) in [4.78, 5) is 30.2. The first kappa shape index (κ1) is 22.3. The number of hydrogen-bond acceptors (Lipinski definition) is 3. The lowest BCUT2D eigenvalue weighted by atomic mass is 9.75. The molecule has 174 valence electrons. The minimum Gasteiger partial charge on any atom is -0.361 e. The van der Waals surface area contributed by atoms with E-state index in [0.29, 0.717) is 31.7 Å². The van der Waals surface area contributed by atoms with E-state index in [-0.39, 0.29) is 24.2 Å². The lowest BCUT2D eigenvalue weighted by Gasteiger charge is -2.40. The minimum atomic E-state index is -0.852. The molecule has 2 fully saturated rings. The first-order valence-corrected chi connectivity index (χ1v) is 11.5. The molecule has 2 saturated heterocycles. The Kier molecular flexibility index (Phi) is 5.70. The number of carbonyl (C=O) groups is 2. The van der Waals surface area contributed by atoms with Gasteiger partial charge in [-0.1, -0.05) is 60.7 Å². The summed E-state index contributed by atoms with van der Waals surface area (Å²) in [5, 5.41) is 0. The molecule has 1 spiro atoms. The molecule has 3 aromatic carbocycles. The van der Waals surface area contributed by atoms with Crippen LogP contribution < -0.4 is 4.90 Å². The summed E-state index contributed by atoms with van der Waals surface area (Å²) in [6.45, 7) is 3.18. The summed E-state index contributed by atoms with van der Waals surface area (Å²) >= 11 is 0. The lowest BCUT2D eigenvalue weighted by molar-refractivity contribution is -0.140. The molecule has 0 aliphatic carbocycles. The van der Waals surface area contributed by atoms with E-state index in [4.69, 9.17) is 4.74 Å². The van der Waals surface area contributed by atoms with E-state index in [2.05, 4.69) is 0 Å². The van der Waals surface area contributed by atoms with Crippen LogP contribution >= 0.6 is 0 Å². The fourth-order valence-corrected chi connectivity index (χ4v) is 5.11. The third-order valence-electron chi connectivity index (χ3n) is 7.12. The van der Waals surface area contributed by atoms with Crippen LogP contribution in [0.3, 0.4) is 0 Å². The number of ether oxygens (including phenoxy) is 1. The van der Waals surface area contributed by atoms with Crippen molar-refractivity contribution in [2.75, 3.05) is 31.1 Å². The zero-order valence-electron chi connectivity index (χ0n) is 19.1. The number of anilines is 1. The average molecular weight is 459 g/mol.